The summed E-state index contributed by atoms with van der Waals surface area (Å²) in [6.07, 6.45) is 0. The molecule has 0 unspecified atom stereocenters. The van der Waals surface area contributed by atoms with E-state index in [9.17, 15) is 0 Å². The van der Waals surface area contributed by atoms with Gasteiger partial charge in [-0.1, -0.05) is 0 Å². The molecule has 3 rings (SSSR count). The molecule has 0 bridgehead atoms. The lowest BCUT2D eigenvalue weighted by atomic mass is 10.2. The van der Waals surface area contributed by atoms with E-state index in [4.69, 9.17) is 9.47 Å². The molecular formula is C26H32N2O2. The van der Waals surface area contributed by atoms with E-state index < -0.39 is 0 Å². The van der Waals surface area contributed by atoms with Crippen LogP contribution in [0.1, 0.15) is 27.7 Å². The maximum atomic E-state index is 5.57. The fraction of sp³-hybridized carbons (Fsp3) is 0.308. The summed E-state index contributed by atoms with van der Waals surface area (Å²) in [5.41, 5.74) is 4.67. The molecule has 0 amide bonds. The highest BCUT2D eigenvalue weighted by atomic mass is 16.5. The molecule has 0 aliphatic heterocycles. The molecule has 0 saturated heterocycles. The lowest BCUT2D eigenvalue weighted by Crippen LogP contribution is -2.18. The van der Waals surface area contributed by atoms with Crippen LogP contribution in [0.2, 0.25) is 0 Å². The Balaban J connectivity index is 1.79. The zero-order valence-corrected chi connectivity index (χ0v) is 18.5. The largest absolute Gasteiger partial charge is 0.494 e. The fourth-order valence-electron chi connectivity index (χ4n) is 3.62. The van der Waals surface area contributed by atoms with Crippen LogP contribution in [-0.2, 0) is 0 Å². The molecule has 0 aromatic heterocycles. The Morgan fingerprint density at radius 3 is 0.967 bits per heavy atom. The Labute approximate surface area is 180 Å². The van der Waals surface area contributed by atoms with Gasteiger partial charge in [-0.2, -0.15) is 0 Å². The summed E-state index contributed by atoms with van der Waals surface area (Å²) >= 11 is 0. The van der Waals surface area contributed by atoms with E-state index in [1.807, 2.05) is 38.1 Å². The number of benzene rings is 3. The molecule has 0 spiro atoms. The van der Waals surface area contributed by atoms with Gasteiger partial charge in [-0.25, -0.2) is 0 Å². The Bertz CT molecular complexity index is 813. The van der Waals surface area contributed by atoms with Gasteiger partial charge in [0, 0.05) is 35.8 Å². The van der Waals surface area contributed by atoms with Crippen LogP contribution >= 0.6 is 0 Å². The van der Waals surface area contributed by atoms with Crippen molar-refractivity contribution in [1.82, 2.24) is 0 Å². The zero-order chi connectivity index (χ0) is 21.3. The normalized spacial score (nSPS) is 10.5. The first-order valence-corrected chi connectivity index (χ1v) is 10.8. The van der Waals surface area contributed by atoms with E-state index in [0.29, 0.717) is 13.2 Å². The average Bonchev–Trinajstić information content (AvgIpc) is 2.78. The minimum Gasteiger partial charge on any atom is -0.494 e. The molecular weight excluding hydrogens is 372 g/mol. The molecule has 0 aliphatic carbocycles. The average molecular weight is 405 g/mol. The molecule has 4 heteroatoms. The molecule has 0 atom stereocenters. The van der Waals surface area contributed by atoms with Crippen LogP contribution in [0.5, 0.6) is 11.5 Å². The lowest BCUT2D eigenvalue weighted by molar-refractivity contribution is 0.340. The first-order chi connectivity index (χ1) is 14.7. The quantitative estimate of drug-likeness (QED) is 0.371. The van der Waals surface area contributed by atoms with Gasteiger partial charge in [0.2, 0.25) is 0 Å². The Kier molecular flexibility index (Phi) is 7.61. The molecule has 3 aromatic carbocycles. The van der Waals surface area contributed by atoms with Gasteiger partial charge >= 0.3 is 0 Å². The Morgan fingerprint density at radius 2 is 0.733 bits per heavy atom. The maximum absolute atomic E-state index is 5.57. The van der Waals surface area contributed by atoms with Gasteiger partial charge in [0.15, 0.2) is 0 Å². The van der Waals surface area contributed by atoms with Crippen LogP contribution < -0.4 is 19.3 Å². The third-order valence-corrected chi connectivity index (χ3v) is 5.02. The van der Waals surface area contributed by atoms with E-state index in [-0.39, 0.29) is 0 Å². The second kappa shape index (κ2) is 10.6. The monoisotopic (exact) mass is 404 g/mol. The second-order valence-electron chi connectivity index (χ2n) is 6.86. The van der Waals surface area contributed by atoms with Crippen molar-refractivity contribution in [3.8, 4) is 11.5 Å². The van der Waals surface area contributed by atoms with Gasteiger partial charge in [-0.3, -0.25) is 0 Å². The van der Waals surface area contributed by atoms with E-state index in [2.05, 4.69) is 72.2 Å². The van der Waals surface area contributed by atoms with Crippen molar-refractivity contribution in [2.45, 2.75) is 27.7 Å². The van der Waals surface area contributed by atoms with Crippen molar-refractivity contribution < 1.29 is 9.47 Å². The van der Waals surface area contributed by atoms with E-state index in [0.717, 1.165) is 36.0 Å². The van der Waals surface area contributed by atoms with Crippen LogP contribution in [0, 0.1) is 0 Å². The van der Waals surface area contributed by atoms with Gasteiger partial charge in [0.05, 0.1) is 13.2 Å². The highest BCUT2D eigenvalue weighted by Gasteiger charge is 2.11. The summed E-state index contributed by atoms with van der Waals surface area (Å²) in [5.74, 6) is 1.81. The summed E-state index contributed by atoms with van der Waals surface area (Å²) in [6.45, 7) is 11.5. The third kappa shape index (κ3) is 5.07. The molecule has 3 aromatic rings. The van der Waals surface area contributed by atoms with Gasteiger partial charge in [-0.05, 0) is 100 Å². The molecule has 158 valence electrons. The summed E-state index contributed by atoms with van der Waals surface area (Å²) < 4.78 is 11.1. The van der Waals surface area contributed by atoms with Gasteiger partial charge < -0.3 is 19.3 Å². The zero-order valence-electron chi connectivity index (χ0n) is 18.5. The van der Waals surface area contributed by atoms with Crippen molar-refractivity contribution >= 4 is 22.7 Å². The van der Waals surface area contributed by atoms with Crippen LogP contribution in [0.3, 0.4) is 0 Å². The molecule has 0 aliphatic rings. The minimum atomic E-state index is 0.681. The SMILES string of the molecule is CCOc1ccc(N(CC)c2ccc(N(CC)c3ccc(OCC)cc3)cc2)cc1. The number of hydrogen-bond acceptors (Lipinski definition) is 4. The number of rotatable bonds is 10. The van der Waals surface area contributed by atoms with Crippen molar-refractivity contribution in [3.63, 3.8) is 0 Å². The van der Waals surface area contributed by atoms with Gasteiger partial charge in [-0.15, -0.1) is 0 Å². The predicted octanol–water partition coefficient (Wildman–Crippen LogP) is 6.80. The third-order valence-electron chi connectivity index (χ3n) is 5.02. The molecule has 0 N–H and O–H groups in total. The summed E-state index contributed by atoms with van der Waals surface area (Å²) in [5, 5.41) is 0. The number of hydrogen-bond donors (Lipinski definition) is 0. The van der Waals surface area contributed by atoms with E-state index in [1.165, 1.54) is 11.4 Å². The number of anilines is 4. The predicted molar refractivity (Wildman–Crippen MR) is 127 cm³/mol. The molecule has 4 nitrogen and oxygen atoms in total. The van der Waals surface area contributed by atoms with Crippen LogP contribution in [0.25, 0.3) is 0 Å². The standard InChI is InChI=1S/C26H32N2O2/c1-5-27(23-13-17-25(18-14-23)29-7-3)21-9-11-22(12-10-21)28(6-2)24-15-19-26(20-16-24)30-8-4/h9-20H,5-8H2,1-4H3. The second-order valence-corrected chi connectivity index (χ2v) is 6.86. The maximum Gasteiger partial charge on any atom is 0.119 e. The van der Waals surface area contributed by atoms with E-state index in [1.54, 1.807) is 0 Å². The highest BCUT2D eigenvalue weighted by molar-refractivity contribution is 5.69. The first-order valence-electron chi connectivity index (χ1n) is 10.8. The van der Waals surface area contributed by atoms with Gasteiger partial charge in [0.1, 0.15) is 11.5 Å². The van der Waals surface area contributed by atoms with Crippen molar-refractivity contribution in [1.29, 1.82) is 0 Å². The first kappa shape index (κ1) is 21.6. The molecule has 0 saturated carbocycles. The minimum absolute atomic E-state index is 0.681. The molecule has 0 heterocycles. The molecule has 0 fully saturated rings. The number of nitrogens with zero attached hydrogens (tertiary/aromatic N) is 2. The topological polar surface area (TPSA) is 24.9 Å². The summed E-state index contributed by atoms with van der Waals surface area (Å²) in [7, 11) is 0. The van der Waals surface area contributed by atoms with Crippen LogP contribution in [-0.4, -0.2) is 26.3 Å². The fourth-order valence-corrected chi connectivity index (χ4v) is 3.62. The molecule has 0 radical (unpaired) electrons. The Hall–Kier alpha value is -3.14. The lowest BCUT2D eigenvalue weighted by Gasteiger charge is -2.26. The van der Waals surface area contributed by atoms with Crippen molar-refractivity contribution in [2.24, 2.45) is 0 Å². The van der Waals surface area contributed by atoms with Crippen molar-refractivity contribution in [2.75, 3.05) is 36.1 Å². The summed E-state index contributed by atoms with van der Waals surface area (Å²) in [6, 6.07) is 25.3. The number of ether oxygens (including phenoxy) is 2. The van der Waals surface area contributed by atoms with Crippen LogP contribution in [0.4, 0.5) is 22.7 Å². The van der Waals surface area contributed by atoms with E-state index >= 15 is 0 Å². The summed E-state index contributed by atoms with van der Waals surface area (Å²) in [4.78, 5) is 4.60. The van der Waals surface area contributed by atoms with Crippen molar-refractivity contribution in [3.05, 3.63) is 72.8 Å². The smallest absolute Gasteiger partial charge is 0.119 e. The van der Waals surface area contributed by atoms with Gasteiger partial charge in [0.25, 0.3) is 0 Å². The van der Waals surface area contributed by atoms with Crippen LogP contribution in [0.15, 0.2) is 72.8 Å². The molecule has 30 heavy (non-hydrogen) atoms. The Morgan fingerprint density at radius 1 is 0.467 bits per heavy atom. The highest BCUT2D eigenvalue weighted by Crippen LogP contribution is 2.31.